The summed E-state index contributed by atoms with van der Waals surface area (Å²) in [6.07, 6.45) is 3.71. The Morgan fingerprint density at radius 1 is 1.09 bits per heavy atom. The van der Waals surface area contributed by atoms with Crippen LogP contribution < -0.4 is 14.8 Å². The van der Waals surface area contributed by atoms with Crippen LogP contribution in [0.4, 0.5) is 4.79 Å². The van der Waals surface area contributed by atoms with Gasteiger partial charge in [-0.25, -0.2) is 14.5 Å². The SMILES string of the molecule is COc1ccc(-n2nc(C(=O)N3CCCCC3)cc2-c2ccc(OCCNC(=O)O)cc2)cn1. The van der Waals surface area contributed by atoms with Crippen LogP contribution >= 0.6 is 0 Å². The number of ether oxygens (including phenoxy) is 2. The summed E-state index contributed by atoms with van der Waals surface area (Å²) in [5.41, 5.74) is 2.67. The van der Waals surface area contributed by atoms with Gasteiger partial charge in [0.1, 0.15) is 12.4 Å². The lowest BCUT2D eigenvalue weighted by Crippen LogP contribution is -2.35. The summed E-state index contributed by atoms with van der Waals surface area (Å²) in [7, 11) is 1.55. The fourth-order valence-electron chi connectivity index (χ4n) is 3.81. The van der Waals surface area contributed by atoms with Crippen LogP contribution in [0.3, 0.4) is 0 Å². The molecule has 3 heterocycles. The zero-order valence-electron chi connectivity index (χ0n) is 18.9. The van der Waals surface area contributed by atoms with Gasteiger partial charge in [0.25, 0.3) is 5.91 Å². The van der Waals surface area contributed by atoms with E-state index in [1.54, 1.807) is 42.3 Å². The molecule has 0 atom stereocenters. The molecule has 2 N–H and O–H groups in total. The number of carbonyl (C=O) groups excluding carboxylic acids is 1. The third-order valence-corrected chi connectivity index (χ3v) is 5.54. The molecule has 1 saturated heterocycles. The summed E-state index contributed by atoms with van der Waals surface area (Å²) in [4.78, 5) is 29.8. The number of likely N-dealkylation sites (tertiary alicyclic amines) is 1. The predicted molar refractivity (Wildman–Crippen MR) is 125 cm³/mol. The van der Waals surface area contributed by atoms with Crippen molar-refractivity contribution in [3.05, 3.63) is 54.4 Å². The fourth-order valence-corrected chi connectivity index (χ4v) is 3.81. The van der Waals surface area contributed by atoms with Gasteiger partial charge < -0.3 is 24.8 Å². The molecule has 3 aromatic rings. The van der Waals surface area contributed by atoms with Crippen molar-refractivity contribution in [3.8, 4) is 28.6 Å². The quantitative estimate of drug-likeness (QED) is 0.490. The Morgan fingerprint density at radius 3 is 2.50 bits per heavy atom. The molecule has 34 heavy (non-hydrogen) atoms. The van der Waals surface area contributed by atoms with Crippen LogP contribution in [0.1, 0.15) is 29.8 Å². The van der Waals surface area contributed by atoms with E-state index in [2.05, 4.69) is 15.4 Å². The maximum absolute atomic E-state index is 13.1. The first-order chi connectivity index (χ1) is 16.5. The van der Waals surface area contributed by atoms with Crippen LogP contribution in [-0.4, -0.2) is 70.1 Å². The number of hydrogen-bond acceptors (Lipinski definition) is 6. The zero-order chi connectivity index (χ0) is 23.9. The summed E-state index contributed by atoms with van der Waals surface area (Å²) in [6, 6.07) is 12.7. The van der Waals surface area contributed by atoms with Gasteiger partial charge in [0.2, 0.25) is 5.88 Å². The number of carbonyl (C=O) groups is 2. The molecule has 0 aliphatic carbocycles. The van der Waals surface area contributed by atoms with Crippen molar-refractivity contribution in [1.82, 2.24) is 25.0 Å². The summed E-state index contributed by atoms with van der Waals surface area (Å²) < 4.78 is 12.4. The van der Waals surface area contributed by atoms with E-state index in [-0.39, 0.29) is 19.1 Å². The van der Waals surface area contributed by atoms with E-state index in [4.69, 9.17) is 14.6 Å². The molecule has 0 bridgehead atoms. The maximum atomic E-state index is 13.1. The van der Waals surface area contributed by atoms with Gasteiger partial charge in [-0.3, -0.25) is 4.79 Å². The number of nitrogens with one attached hydrogen (secondary N) is 1. The molecule has 178 valence electrons. The Labute approximate surface area is 197 Å². The molecule has 0 radical (unpaired) electrons. The van der Waals surface area contributed by atoms with Crippen LogP contribution in [0.2, 0.25) is 0 Å². The van der Waals surface area contributed by atoms with Crippen molar-refractivity contribution >= 4 is 12.0 Å². The van der Waals surface area contributed by atoms with Gasteiger partial charge in [0.05, 0.1) is 31.2 Å². The van der Waals surface area contributed by atoms with Crippen molar-refractivity contribution in [2.45, 2.75) is 19.3 Å². The van der Waals surface area contributed by atoms with E-state index >= 15 is 0 Å². The Balaban J connectivity index is 1.61. The first-order valence-electron chi connectivity index (χ1n) is 11.1. The Kier molecular flexibility index (Phi) is 7.26. The van der Waals surface area contributed by atoms with Crippen LogP contribution in [-0.2, 0) is 0 Å². The van der Waals surface area contributed by atoms with Gasteiger partial charge in [-0.05, 0) is 55.7 Å². The molecule has 1 fully saturated rings. The van der Waals surface area contributed by atoms with E-state index in [1.165, 1.54) is 0 Å². The minimum Gasteiger partial charge on any atom is -0.492 e. The molecule has 10 heteroatoms. The molecule has 0 spiro atoms. The molecular weight excluding hydrogens is 438 g/mol. The van der Waals surface area contributed by atoms with Gasteiger partial charge in [0, 0.05) is 24.7 Å². The highest BCUT2D eigenvalue weighted by molar-refractivity contribution is 5.93. The number of hydrogen-bond donors (Lipinski definition) is 2. The van der Waals surface area contributed by atoms with E-state index in [1.807, 2.05) is 23.1 Å². The lowest BCUT2D eigenvalue weighted by molar-refractivity contribution is 0.0718. The number of amides is 2. The highest BCUT2D eigenvalue weighted by Crippen LogP contribution is 2.27. The summed E-state index contributed by atoms with van der Waals surface area (Å²) in [5.74, 6) is 1.02. The molecule has 0 saturated carbocycles. The number of piperidine rings is 1. The lowest BCUT2D eigenvalue weighted by Gasteiger charge is -2.25. The van der Waals surface area contributed by atoms with Gasteiger partial charge in [-0.2, -0.15) is 5.10 Å². The van der Waals surface area contributed by atoms with Crippen LogP contribution in [0, 0.1) is 0 Å². The van der Waals surface area contributed by atoms with Crippen LogP contribution in [0.15, 0.2) is 48.7 Å². The Hall–Kier alpha value is -4.08. The molecule has 2 aromatic heterocycles. The van der Waals surface area contributed by atoms with Crippen molar-refractivity contribution in [1.29, 1.82) is 0 Å². The molecule has 10 nitrogen and oxygen atoms in total. The molecule has 1 aromatic carbocycles. The molecule has 0 unspecified atom stereocenters. The van der Waals surface area contributed by atoms with Crippen molar-refractivity contribution in [3.63, 3.8) is 0 Å². The summed E-state index contributed by atoms with van der Waals surface area (Å²) in [6.45, 7) is 1.90. The van der Waals surface area contributed by atoms with Gasteiger partial charge in [-0.15, -0.1) is 0 Å². The van der Waals surface area contributed by atoms with Crippen molar-refractivity contribution < 1.29 is 24.2 Å². The number of carboxylic acid groups (broad SMARTS) is 1. The molecule has 1 aliphatic heterocycles. The third kappa shape index (κ3) is 5.45. The summed E-state index contributed by atoms with van der Waals surface area (Å²) in [5, 5.41) is 15.5. The predicted octanol–water partition coefficient (Wildman–Crippen LogP) is 3.22. The second-order valence-corrected chi connectivity index (χ2v) is 7.84. The average molecular weight is 466 g/mol. The highest BCUT2D eigenvalue weighted by Gasteiger charge is 2.23. The molecule has 4 rings (SSSR count). The third-order valence-electron chi connectivity index (χ3n) is 5.54. The number of aromatic nitrogens is 3. The first-order valence-corrected chi connectivity index (χ1v) is 11.1. The van der Waals surface area contributed by atoms with Crippen LogP contribution in [0.5, 0.6) is 11.6 Å². The minimum atomic E-state index is -1.09. The number of nitrogens with zero attached hydrogens (tertiary/aromatic N) is 4. The Bertz CT molecular complexity index is 1120. The largest absolute Gasteiger partial charge is 0.492 e. The monoisotopic (exact) mass is 465 g/mol. The number of rotatable bonds is 8. The second kappa shape index (κ2) is 10.7. The standard InChI is InChI=1S/C24H27N5O5/c1-33-22-10-7-18(16-26-22)29-21(15-20(27-29)23(30)28-12-3-2-4-13-28)17-5-8-19(9-6-17)34-14-11-25-24(31)32/h5-10,15-16,25H,2-4,11-14H2,1H3,(H,31,32). The zero-order valence-corrected chi connectivity index (χ0v) is 18.9. The lowest BCUT2D eigenvalue weighted by atomic mass is 10.1. The smallest absolute Gasteiger partial charge is 0.404 e. The number of pyridine rings is 1. The number of benzene rings is 1. The van der Waals surface area contributed by atoms with E-state index in [9.17, 15) is 9.59 Å². The fraction of sp³-hybridized carbons (Fsp3) is 0.333. The molecular formula is C24H27N5O5. The second-order valence-electron chi connectivity index (χ2n) is 7.84. The maximum Gasteiger partial charge on any atom is 0.404 e. The first kappa shape index (κ1) is 23.1. The minimum absolute atomic E-state index is 0.0768. The molecule has 1 aliphatic rings. The average Bonchev–Trinajstić information content (AvgIpc) is 3.32. The topological polar surface area (TPSA) is 119 Å². The van der Waals surface area contributed by atoms with E-state index in [0.717, 1.165) is 43.6 Å². The van der Waals surface area contributed by atoms with Crippen molar-refractivity contribution in [2.24, 2.45) is 0 Å². The van der Waals surface area contributed by atoms with Gasteiger partial charge in [0.15, 0.2) is 5.69 Å². The van der Waals surface area contributed by atoms with E-state index < -0.39 is 6.09 Å². The highest BCUT2D eigenvalue weighted by atomic mass is 16.5. The summed E-state index contributed by atoms with van der Waals surface area (Å²) >= 11 is 0. The van der Waals surface area contributed by atoms with Crippen molar-refractivity contribution in [2.75, 3.05) is 33.4 Å². The molecule has 2 amide bonds. The van der Waals surface area contributed by atoms with Gasteiger partial charge in [-0.1, -0.05) is 0 Å². The van der Waals surface area contributed by atoms with Gasteiger partial charge >= 0.3 is 6.09 Å². The van der Waals surface area contributed by atoms with Crippen LogP contribution in [0.25, 0.3) is 16.9 Å². The normalized spacial score (nSPS) is 13.4. The van der Waals surface area contributed by atoms with E-state index in [0.29, 0.717) is 23.0 Å². The Morgan fingerprint density at radius 2 is 1.85 bits per heavy atom. The number of methoxy groups -OCH3 is 1.